The van der Waals surface area contributed by atoms with Gasteiger partial charge in [-0.1, -0.05) is 36.8 Å². The number of rotatable bonds is 6. The maximum Gasteiger partial charge on any atom is 0.328 e. The quantitative estimate of drug-likeness (QED) is 0.667. The summed E-state index contributed by atoms with van der Waals surface area (Å²) in [7, 11) is 1.40. The molecule has 3 atom stereocenters. The molecule has 0 unspecified atom stereocenters. The molecule has 33 heavy (non-hydrogen) atoms. The second-order valence-electron chi connectivity index (χ2n) is 8.28. The summed E-state index contributed by atoms with van der Waals surface area (Å²) in [6.45, 7) is 3.10. The van der Waals surface area contributed by atoms with Gasteiger partial charge in [0.1, 0.15) is 6.04 Å². The minimum Gasteiger partial charge on any atom is -0.493 e. The highest BCUT2D eigenvalue weighted by atomic mass is 16.6. The Morgan fingerprint density at radius 1 is 1.18 bits per heavy atom. The summed E-state index contributed by atoms with van der Waals surface area (Å²) in [5.41, 5.74) is 1.12. The number of esters is 2. The van der Waals surface area contributed by atoms with Gasteiger partial charge in [-0.3, -0.25) is 9.59 Å². The van der Waals surface area contributed by atoms with Crippen LogP contribution in [0.4, 0.5) is 0 Å². The summed E-state index contributed by atoms with van der Waals surface area (Å²) < 4.78 is 16.0. The van der Waals surface area contributed by atoms with Gasteiger partial charge in [0.25, 0.3) is 5.91 Å². The predicted octanol–water partition coefficient (Wildman–Crippen LogP) is 3.48. The fourth-order valence-electron chi connectivity index (χ4n) is 4.13. The van der Waals surface area contributed by atoms with E-state index in [2.05, 4.69) is 22.4 Å². The van der Waals surface area contributed by atoms with Crippen LogP contribution < -0.4 is 14.8 Å². The Kier molecular flexibility index (Phi) is 8.40. The van der Waals surface area contributed by atoms with Crippen LogP contribution in [0.3, 0.4) is 0 Å². The van der Waals surface area contributed by atoms with Gasteiger partial charge < -0.3 is 19.5 Å². The molecule has 2 heterocycles. The lowest BCUT2D eigenvalue weighted by Gasteiger charge is -2.21. The molecule has 1 amide bonds. The summed E-state index contributed by atoms with van der Waals surface area (Å²) in [5.74, 6) is -1.25. The van der Waals surface area contributed by atoms with E-state index in [9.17, 15) is 14.4 Å². The topological polar surface area (TPSA) is 104 Å². The Balaban J connectivity index is 1.71. The second kappa shape index (κ2) is 11.4. The molecule has 3 rings (SSSR count). The number of pyridine rings is 1. The molecule has 1 fully saturated rings. The molecule has 0 aliphatic carbocycles. The van der Waals surface area contributed by atoms with E-state index >= 15 is 0 Å². The van der Waals surface area contributed by atoms with Crippen LogP contribution in [0.5, 0.6) is 11.5 Å². The SMILES string of the molecule is COc1ccnc(C(=O)N[C@H]2CCC[C@H](Cc3ccccc3)C[C@H](C)OC2=O)c1OC(C)=O. The van der Waals surface area contributed by atoms with Crippen LogP contribution in [0.2, 0.25) is 0 Å². The number of cyclic esters (lactones) is 1. The molecule has 1 saturated heterocycles. The number of nitrogens with zero attached hydrogens (tertiary/aromatic N) is 1. The number of methoxy groups -OCH3 is 1. The maximum atomic E-state index is 13.0. The molecule has 0 radical (unpaired) electrons. The summed E-state index contributed by atoms with van der Waals surface area (Å²) >= 11 is 0. The lowest BCUT2D eigenvalue weighted by atomic mass is 9.89. The van der Waals surface area contributed by atoms with Crippen LogP contribution in [0.25, 0.3) is 0 Å². The Morgan fingerprint density at radius 2 is 1.94 bits per heavy atom. The molecule has 1 aliphatic rings. The summed E-state index contributed by atoms with van der Waals surface area (Å²) in [4.78, 5) is 41.3. The van der Waals surface area contributed by atoms with Crippen molar-refractivity contribution in [3.63, 3.8) is 0 Å². The van der Waals surface area contributed by atoms with Crippen molar-refractivity contribution in [2.45, 2.75) is 58.1 Å². The number of carbonyl (C=O) groups excluding carboxylic acids is 3. The average molecular weight is 455 g/mol. The summed E-state index contributed by atoms with van der Waals surface area (Å²) in [5, 5.41) is 2.71. The average Bonchev–Trinajstić information content (AvgIpc) is 2.83. The van der Waals surface area contributed by atoms with Gasteiger partial charge in [-0.2, -0.15) is 0 Å². The van der Waals surface area contributed by atoms with Gasteiger partial charge in [0.05, 0.1) is 13.2 Å². The fraction of sp³-hybridized carbons (Fsp3) is 0.440. The van der Waals surface area contributed by atoms with E-state index in [4.69, 9.17) is 14.2 Å². The monoisotopic (exact) mass is 454 g/mol. The molecule has 1 aromatic heterocycles. The maximum absolute atomic E-state index is 13.0. The van der Waals surface area contributed by atoms with Gasteiger partial charge >= 0.3 is 11.9 Å². The number of hydrogen-bond donors (Lipinski definition) is 1. The summed E-state index contributed by atoms with van der Waals surface area (Å²) in [6.07, 6.45) is 4.89. The largest absolute Gasteiger partial charge is 0.493 e. The van der Waals surface area contributed by atoms with E-state index in [1.165, 1.54) is 31.9 Å². The van der Waals surface area contributed by atoms with E-state index in [0.29, 0.717) is 12.3 Å². The third-order valence-corrected chi connectivity index (χ3v) is 5.59. The van der Waals surface area contributed by atoms with E-state index < -0.39 is 23.9 Å². The minimum atomic E-state index is -0.825. The third-order valence-electron chi connectivity index (χ3n) is 5.59. The highest BCUT2D eigenvalue weighted by Crippen LogP contribution is 2.30. The molecular weight excluding hydrogens is 424 g/mol. The molecule has 1 N–H and O–H groups in total. The molecule has 176 valence electrons. The molecule has 0 bridgehead atoms. The molecule has 8 nitrogen and oxygen atoms in total. The number of nitrogens with one attached hydrogen (secondary N) is 1. The zero-order valence-corrected chi connectivity index (χ0v) is 19.2. The minimum absolute atomic E-state index is 0.0854. The zero-order valence-electron chi connectivity index (χ0n) is 19.2. The van der Waals surface area contributed by atoms with Crippen molar-refractivity contribution in [3.05, 3.63) is 53.9 Å². The third kappa shape index (κ3) is 6.78. The van der Waals surface area contributed by atoms with Gasteiger partial charge in [-0.05, 0) is 44.1 Å². The zero-order chi connectivity index (χ0) is 23.8. The van der Waals surface area contributed by atoms with Crippen LogP contribution in [0, 0.1) is 5.92 Å². The second-order valence-corrected chi connectivity index (χ2v) is 8.28. The first-order valence-electron chi connectivity index (χ1n) is 11.1. The van der Waals surface area contributed by atoms with Crippen molar-refractivity contribution in [3.8, 4) is 11.5 Å². The lowest BCUT2D eigenvalue weighted by Crippen LogP contribution is -2.43. The normalized spacial score (nSPS) is 21.1. The molecule has 8 heteroatoms. The van der Waals surface area contributed by atoms with Gasteiger partial charge in [-0.15, -0.1) is 0 Å². The van der Waals surface area contributed by atoms with Gasteiger partial charge in [0.2, 0.25) is 5.75 Å². The Morgan fingerprint density at radius 3 is 2.64 bits per heavy atom. The Bertz CT molecular complexity index is 978. The highest BCUT2D eigenvalue weighted by Gasteiger charge is 2.30. The fourth-order valence-corrected chi connectivity index (χ4v) is 4.13. The van der Waals surface area contributed by atoms with Crippen molar-refractivity contribution in [2.75, 3.05) is 7.11 Å². The van der Waals surface area contributed by atoms with Crippen molar-refractivity contribution in [1.82, 2.24) is 10.3 Å². The smallest absolute Gasteiger partial charge is 0.328 e. The Hall–Kier alpha value is -3.42. The van der Waals surface area contributed by atoms with E-state index in [0.717, 1.165) is 25.7 Å². The van der Waals surface area contributed by atoms with E-state index in [1.54, 1.807) is 0 Å². The first-order chi connectivity index (χ1) is 15.9. The number of ether oxygens (including phenoxy) is 3. The number of aromatic nitrogens is 1. The first-order valence-corrected chi connectivity index (χ1v) is 11.1. The summed E-state index contributed by atoms with van der Waals surface area (Å²) in [6, 6.07) is 10.9. The van der Waals surface area contributed by atoms with Crippen LogP contribution in [0.15, 0.2) is 42.6 Å². The first kappa shape index (κ1) is 24.2. The van der Waals surface area contributed by atoms with Crippen LogP contribution in [-0.4, -0.2) is 42.1 Å². The van der Waals surface area contributed by atoms with E-state index in [-0.39, 0.29) is 23.3 Å². The molecule has 2 aromatic rings. The number of benzene rings is 1. The number of carbonyl (C=O) groups is 3. The molecule has 0 saturated carbocycles. The molecule has 1 aliphatic heterocycles. The standard InChI is InChI=1S/C25H30N2O6/c1-16-14-19(15-18-8-5-4-6-9-18)10-7-11-20(25(30)32-16)27-24(29)22-23(33-17(2)28)21(31-3)12-13-26-22/h4-6,8-9,12-13,16,19-20H,7,10-11,14-15H2,1-3H3,(H,27,29)/t16-,19-,20-/m0/s1. The van der Waals surface area contributed by atoms with E-state index in [1.807, 2.05) is 25.1 Å². The van der Waals surface area contributed by atoms with Crippen molar-refractivity contribution in [2.24, 2.45) is 5.92 Å². The lowest BCUT2D eigenvalue weighted by molar-refractivity contribution is -0.151. The van der Waals surface area contributed by atoms with Gasteiger partial charge in [-0.25, -0.2) is 9.78 Å². The number of hydrogen-bond acceptors (Lipinski definition) is 7. The van der Waals surface area contributed by atoms with Crippen LogP contribution >= 0.6 is 0 Å². The molecule has 1 aromatic carbocycles. The van der Waals surface area contributed by atoms with Gasteiger partial charge in [0.15, 0.2) is 11.4 Å². The van der Waals surface area contributed by atoms with Crippen LogP contribution in [-0.2, 0) is 20.7 Å². The Labute approximate surface area is 193 Å². The van der Waals surface area contributed by atoms with Crippen molar-refractivity contribution >= 4 is 17.8 Å². The van der Waals surface area contributed by atoms with Crippen LogP contribution in [0.1, 0.15) is 55.6 Å². The molecule has 0 spiro atoms. The predicted molar refractivity (Wildman–Crippen MR) is 121 cm³/mol. The highest BCUT2D eigenvalue weighted by molar-refractivity contribution is 5.98. The van der Waals surface area contributed by atoms with Crippen molar-refractivity contribution < 1.29 is 28.6 Å². The number of amides is 1. The van der Waals surface area contributed by atoms with Gasteiger partial charge in [0, 0.05) is 19.2 Å². The van der Waals surface area contributed by atoms with Crippen molar-refractivity contribution in [1.29, 1.82) is 0 Å². The molecular formula is C25H30N2O6.